The number of phenols is 1. The van der Waals surface area contributed by atoms with Gasteiger partial charge in [-0.2, -0.15) is 0 Å². The van der Waals surface area contributed by atoms with Gasteiger partial charge in [0.1, 0.15) is 41.0 Å². The predicted octanol–water partition coefficient (Wildman–Crippen LogP) is 2.71. The largest absolute Gasteiger partial charge is 0.508 e. The van der Waals surface area contributed by atoms with E-state index in [0.29, 0.717) is 29.0 Å². The number of hydrogen-bond acceptors (Lipinski definition) is 17. The van der Waals surface area contributed by atoms with Gasteiger partial charge in [0.2, 0.25) is 41.4 Å². The van der Waals surface area contributed by atoms with Gasteiger partial charge in [0.25, 0.3) is 0 Å². The number of pyridine rings is 1. The van der Waals surface area contributed by atoms with Crippen LogP contribution in [0.1, 0.15) is 62.6 Å². The van der Waals surface area contributed by atoms with E-state index < -0.39 is 108 Å². The van der Waals surface area contributed by atoms with E-state index in [2.05, 4.69) is 36.9 Å². The molecule has 14 N–H and O–H groups in total. The Morgan fingerprint density at radius 2 is 1.47 bits per heavy atom. The summed E-state index contributed by atoms with van der Waals surface area (Å²) in [6.45, 7) is 3.28. The number of ketones is 1. The fraction of sp³-hybridized carbons (Fsp3) is 0.400. The van der Waals surface area contributed by atoms with Gasteiger partial charge in [0.05, 0.1) is 18.2 Å². The van der Waals surface area contributed by atoms with Crippen LogP contribution in [0.2, 0.25) is 0 Å². The number of rotatable bonds is 21. The van der Waals surface area contributed by atoms with Crippen molar-refractivity contribution in [3.63, 3.8) is 0 Å². The van der Waals surface area contributed by atoms with Crippen molar-refractivity contribution in [3.05, 3.63) is 132 Å². The van der Waals surface area contributed by atoms with Crippen LogP contribution < -0.4 is 49.1 Å². The van der Waals surface area contributed by atoms with E-state index in [1.54, 1.807) is 73.8 Å². The van der Waals surface area contributed by atoms with E-state index in [-0.39, 0.29) is 55.2 Å². The third-order valence-corrected chi connectivity index (χ3v) is 17.3. The van der Waals surface area contributed by atoms with Crippen LogP contribution in [0.25, 0.3) is 5.57 Å². The highest BCUT2D eigenvalue weighted by molar-refractivity contribution is 8.77. The molecule has 1 saturated heterocycles. The van der Waals surface area contributed by atoms with Crippen molar-refractivity contribution < 1.29 is 48.6 Å². The first-order chi connectivity index (χ1) is 38.0. The molecule has 0 spiro atoms. The van der Waals surface area contributed by atoms with Crippen molar-refractivity contribution in [2.45, 2.75) is 112 Å². The number of carbonyl (C=O) groups is 8. The quantitative estimate of drug-likeness (QED) is 0.0422. The van der Waals surface area contributed by atoms with Crippen LogP contribution in [0.15, 0.2) is 120 Å². The molecule has 0 saturated carbocycles. The van der Waals surface area contributed by atoms with E-state index in [9.17, 15) is 48.6 Å². The van der Waals surface area contributed by atoms with Crippen LogP contribution in [-0.2, 0) is 51.2 Å². The second-order valence-corrected chi connectivity index (χ2v) is 23.7. The fourth-order valence-electron chi connectivity index (χ4n) is 8.18. The van der Waals surface area contributed by atoms with Gasteiger partial charge in [-0.25, -0.2) is 4.98 Å². The Morgan fingerprint density at radius 1 is 0.810 bits per heavy atom. The first kappa shape index (κ1) is 63.4. The lowest BCUT2D eigenvalue weighted by Gasteiger charge is -2.29. The molecule has 3 aromatic carbocycles. The summed E-state index contributed by atoms with van der Waals surface area (Å²) >= 11 is 0. The van der Waals surface area contributed by atoms with Gasteiger partial charge in [-0.1, -0.05) is 117 Å². The maximum atomic E-state index is 14.9. The number of hydrogen-bond donors (Lipinski definition) is 11. The van der Waals surface area contributed by atoms with Gasteiger partial charge >= 0.3 is 0 Å². The summed E-state index contributed by atoms with van der Waals surface area (Å²) in [5.41, 5.74) is 20.7. The lowest BCUT2D eigenvalue weighted by molar-refractivity contribution is -0.137. The van der Waals surface area contributed by atoms with Crippen molar-refractivity contribution in [1.82, 2.24) is 36.9 Å². The van der Waals surface area contributed by atoms with E-state index in [4.69, 9.17) is 17.2 Å². The second kappa shape index (κ2) is 33.2. The molecule has 424 valence electrons. The number of nitrogens with one attached hydrogen (secondary N) is 6. The molecule has 1 aliphatic heterocycles. The van der Waals surface area contributed by atoms with E-state index in [1.165, 1.54) is 40.6 Å². The number of amides is 7. The Hall–Kier alpha value is -6.41. The Labute approximate surface area is 475 Å². The van der Waals surface area contributed by atoms with Crippen LogP contribution in [0.5, 0.6) is 5.75 Å². The van der Waals surface area contributed by atoms with E-state index in [1.807, 2.05) is 36.4 Å². The molecule has 2 unspecified atom stereocenters. The molecule has 7 amide bonds. The highest BCUT2D eigenvalue weighted by atomic mass is 33.1. The molecule has 0 radical (unpaired) electrons. The number of carbonyl (C=O) groups excluding carboxylic acids is 8. The summed E-state index contributed by atoms with van der Waals surface area (Å²) in [7, 11) is 4.52. The van der Waals surface area contributed by atoms with Gasteiger partial charge in [-0.15, -0.1) is 0 Å². The zero-order chi connectivity index (χ0) is 57.3. The minimum atomic E-state index is -1.70. The zero-order valence-electron chi connectivity index (χ0n) is 43.9. The van der Waals surface area contributed by atoms with E-state index in [0.717, 1.165) is 32.7 Å². The third-order valence-electron chi connectivity index (χ3n) is 12.6. The summed E-state index contributed by atoms with van der Waals surface area (Å²) in [6, 6.07) is 20.0. The van der Waals surface area contributed by atoms with Gasteiger partial charge < -0.3 is 59.3 Å². The number of phenolic OH excluding ortho intramolecular Hbond substituents is 1. The van der Waals surface area contributed by atoms with Crippen LogP contribution in [0.3, 0.4) is 0 Å². The fourth-order valence-corrected chi connectivity index (χ4v) is 12.6. The summed E-state index contributed by atoms with van der Waals surface area (Å²) < 4.78 is 0. The molecule has 1 aromatic heterocycles. The molecule has 1 aliphatic rings. The number of Topliss-reactive ketones (excluding diaryl/α,β-unsaturated/α-hetero) is 1. The van der Waals surface area contributed by atoms with Crippen molar-refractivity contribution >= 4 is 95.9 Å². The number of nitrogens with two attached hydrogens (primary N) is 3. The summed E-state index contributed by atoms with van der Waals surface area (Å²) in [6.07, 6.45) is 2.17. The first-order valence-electron chi connectivity index (χ1n) is 25.7. The van der Waals surface area contributed by atoms with Crippen LogP contribution in [-0.4, -0.2) is 135 Å². The smallest absolute Gasteiger partial charge is 0.245 e. The summed E-state index contributed by atoms with van der Waals surface area (Å²) in [5.74, 6) is -7.89. The maximum Gasteiger partial charge on any atom is 0.245 e. The van der Waals surface area contributed by atoms with Gasteiger partial charge in [-0.05, 0) is 110 Å². The summed E-state index contributed by atoms with van der Waals surface area (Å²) in [5, 5.41) is 38.1. The molecule has 9 atom stereocenters. The lowest BCUT2D eigenvalue weighted by atomic mass is 9.90. The number of aromatic hydroxyl groups is 1. The molecular formula is C55H70N10O10S4. The van der Waals surface area contributed by atoms with Gasteiger partial charge in [0.15, 0.2) is 5.78 Å². The zero-order valence-corrected chi connectivity index (χ0v) is 47.2. The van der Waals surface area contributed by atoms with Crippen molar-refractivity contribution in [1.29, 1.82) is 0 Å². The summed E-state index contributed by atoms with van der Waals surface area (Å²) in [4.78, 5) is 118. The number of aliphatic hydroxyl groups is 1. The minimum Gasteiger partial charge on any atom is -0.508 e. The van der Waals surface area contributed by atoms with Gasteiger partial charge in [0, 0.05) is 42.2 Å². The molecule has 4 aromatic rings. The average Bonchev–Trinajstić information content (AvgIpc) is 3.44. The minimum absolute atomic E-state index is 0.000683. The molecule has 2 heterocycles. The van der Waals surface area contributed by atoms with Crippen molar-refractivity contribution in [2.75, 3.05) is 23.8 Å². The van der Waals surface area contributed by atoms with Crippen LogP contribution in [0, 0.1) is 5.92 Å². The first-order valence-corrected chi connectivity index (χ1v) is 30.5. The Bertz CT molecular complexity index is 2680. The SMILES string of the molecule is C/C=C(/CC1NC(=O)[C@H](Cc2ccc(O)cc2)CC(=O)[C@@H](NC(=O)[C@H](N)Cc2ccccc2)CSSCC(C(=O)N[C@@H](CSSc2ccccn2)C(N)=O)NC(=O)[C@H]([C@@H](C)O)NC(=O)[C@H](CCCCN)NC1=O)c1ccccc1. The highest BCUT2D eigenvalue weighted by Gasteiger charge is 2.37. The molecule has 24 heteroatoms. The van der Waals surface area contributed by atoms with Crippen LogP contribution in [0.4, 0.5) is 0 Å². The number of aromatic nitrogens is 1. The number of benzene rings is 3. The predicted molar refractivity (Wildman–Crippen MR) is 311 cm³/mol. The number of primary amides is 1. The maximum absolute atomic E-state index is 14.9. The number of unbranched alkanes of at least 4 members (excludes halogenated alkanes) is 1. The molecule has 0 bridgehead atoms. The number of allylic oxidation sites excluding steroid dienone is 1. The Kier molecular flexibility index (Phi) is 26.7. The normalized spacial score (nSPS) is 21.4. The molecule has 5 rings (SSSR count). The topological polar surface area (TPSA) is 340 Å². The number of aliphatic hydroxyl groups excluding tert-OH is 1. The van der Waals surface area contributed by atoms with Crippen LogP contribution >= 0.6 is 43.2 Å². The second-order valence-electron chi connectivity index (χ2n) is 18.7. The lowest BCUT2D eigenvalue weighted by Crippen LogP contribution is -2.61. The molecule has 79 heavy (non-hydrogen) atoms. The Balaban J connectivity index is 1.56. The average molecular weight is 1160 g/mol. The molecule has 0 aliphatic carbocycles. The van der Waals surface area contributed by atoms with Gasteiger partial charge in [-0.3, -0.25) is 38.4 Å². The Morgan fingerprint density at radius 3 is 2.11 bits per heavy atom. The number of nitrogens with zero attached hydrogens (tertiary/aromatic N) is 1. The molecule has 20 nitrogen and oxygen atoms in total. The molecule has 1 fully saturated rings. The monoisotopic (exact) mass is 1160 g/mol. The van der Waals surface area contributed by atoms with E-state index >= 15 is 0 Å². The highest BCUT2D eigenvalue weighted by Crippen LogP contribution is 2.30. The molecular weight excluding hydrogens is 1090 g/mol. The van der Waals surface area contributed by atoms with Crippen molar-refractivity contribution in [2.24, 2.45) is 23.1 Å². The standard InChI is InChI=1S/C55H70N10O10S4/c1-3-36(37-16-8-5-9-17-37)28-42-53(73)60-41(18-10-12-24-56)52(72)65-48(33(2)66)55(75)64-45(54(74)63-44(49(58)69)31-78-79-47-19-11-13-25-59-47)32-77-76-30-43(62-51(71)40(57)27-34-14-6-4-7-15-34)46(68)29-38(50(70)61-42)26-35-20-22-39(67)23-21-35/h3-9,11,13-17,19-23,25,33,38,40-45,48,66-67H,10,12,18,24,26-32,56-57H2,1-2H3,(H2,58,69)(H,60,73)(H,61,70)(H,62,71)(H,63,74)(H,64,75)(H,65,72)/b36-3-/t33-,38-,40-,41+,42?,43+,44+,45?,48+/m1/s1. The van der Waals surface area contributed by atoms with Crippen molar-refractivity contribution in [3.8, 4) is 5.75 Å². The third kappa shape index (κ3) is 21.3.